The van der Waals surface area contributed by atoms with Crippen LogP contribution in [0.2, 0.25) is 0 Å². The Morgan fingerprint density at radius 2 is 0.800 bits per heavy atom. The van der Waals surface area contributed by atoms with Gasteiger partial charge >= 0.3 is 0 Å². The van der Waals surface area contributed by atoms with Gasteiger partial charge in [0.05, 0.1) is 0 Å². The summed E-state index contributed by atoms with van der Waals surface area (Å²) >= 11 is 0. The highest BCUT2D eigenvalue weighted by Crippen LogP contribution is 1.80. The van der Waals surface area contributed by atoms with Crippen LogP contribution in [-0.2, 0) is 0 Å². The fourth-order valence-corrected chi connectivity index (χ4v) is 0.414. The van der Waals surface area contributed by atoms with Gasteiger partial charge in [-0.05, 0) is 0 Å². The van der Waals surface area contributed by atoms with Gasteiger partial charge in [-0.2, -0.15) is 0 Å². The molecule has 0 fully saturated rings. The van der Waals surface area contributed by atoms with Crippen molar-refractivity contribution in [2.75, 3.05) is 0 Å². The van der Waals surface area contributed by atoms with Crippen LogP contribution in [0, 0.1) is 0 Å². The van der Waals surface area contributed by atoms with E-state index in [0.29, 0.717) is 0 Å². The third-order valence-electron chi connectivity index (χ3n) is 0.828. The van der Waals surface area contributed by atoms with E-state index < -0.39 is 0 Å². The standard InChI is InChI=1S/C10H12/c1-3-5-7-9-10-8-6-4-2/h3-10H,1-2H2. The van der Waals surface area contributed by atoms with Gasteiger partial charge in [0.1, 0.15) is 0 Å². The molecule has 0 saturated carbocycles. The molecule has 0 aromatic heterocycles. The average Bonchev–Trinajstić information content (AvgIpc) is 1.97. The van der Waals surface area contributed by atoms with Crippen molar-refractivity contribution in [2.24, 2.45) is 0 Å². The molecule has 0 aliphatic rings. The van der Waals surface area contributed by atoms with E-state index in [1.165, 1.54) is 0 Å². The second-order valence-corrected chi connectivity index (χ2v) is 1.63. The zero-order valence-corrected chi connectivity index (χ0v) is 6.03. The predicted molar refractivity (Wildman–Crippen MR) is 47.8 cm³/mol. The van der Waals surface area contributed by atoms with Crippen LogP contribution in [-0.4, -0.2) is 0 Å². The summed E-state index contributed by atoms with van der Waals surface area (Å²) in [5.74, 6) is 0. The summed E-state index contributed by atoms with van der Waals surface area (Å²) in [5.41, 5.74) is 0. The van der Waals surface area contributed by atoms with Gasteiger partial charge in [0.2, 0.25) is 0 Å². The third-order valence-corrected chi connectivity index (χ3v) is 0.828. The first kappa shape index (κ1) is 8.70. The highest BCUT2D eigenvalue weighted by Gasteiger charge is 1.58. The van der Waals surface area contributed by atoms with Crippen molar-refractivity contribution in [1.29, 1.82) is 0 Å². The summed E-state index contributed by atoms with van der Waals surface area (Å²) in [6, 6.07) is 0. The summed E-state index contributed by atoms with van der Waals surface area (Å²) in [4.78, 5) is 0. The van der Waals surface area contributed by atoms with E-state index >= 15 is 0 Å². The van der Waals surface area contributed by atoms with Gasteiger partial charge in [-0.25, -0.2) is 0 Å². The lowest BCUT2D eigenvalue weighted by Crippen LogP contribution is -1.48. The molecular formula is C10H12. The lowest BCUT2D eigenvalue weighted by molar-refractivity contribution is 1.88. The molecule has 0 amide bonds. The van der Waals surface area contributed by atoms with Crippen LogP contribution in [0.4, 0.5) is 0 Å². The second-order valence-electron chi connectivity index (χ2n) is 1.63. The Kier molecular flexibility index (Phi) is 6.70. The van der Waals surface area contributed by atoms with Gasteiger partial charge in [0.25, 0.3) is 0 Å². The quantitative estimate of drug-likeness (QED) is 0.516. The highest BCUT2D eigenvalue weighted by atomic mass is 13.7. The molecule has 0 nitrogen and oxygen atoms in total. The highest BCUT2D eigenvalue weighted by molar-refractivity contribution is 5.16. The molecule has 0 bridgehead atoms. The molecule has 0 heteroatoms. The lowest BCUT2D eigenvalue weighted by atomic mass is 10.4. The van der Waals surface area contributed by atoms with Crippen LogP contribution in [0.25, 0.3) is 0 Å². The number of rotatable bonds is 4. The molecule has 10 heavy (non-hydrogen) atoms. The van der Waals surface area contributed by atoms with Crippen LogP contribution in [0.1, 0.15) is 0 Å². The van der Waals surface area contributed by atoms with E-state index in [2.05, 4.69) is 13.2 Å². The SMILES string of the molecule is C=CC=CC=CC=CC=C. The van der Waals surface area contributed by atoms with Crippen LogP contribution >= 0.6 is 0 Å². The molecule has 0 rings (SSSR count). The maximum atomic E-state index is 3.54. The summed E-state index contributed by atoms with van der Waals surface area (Å²) in [6.45, 7) is 7.08. The Morgan fingerprint density at radius 3 is 1.10 bits per heavy atom. The van der Waals surface area contributed by atoms with E-state index in [1.54, 1.807) is 12.2 Å². The summed E-state index contributed by atoms with van der Waals surface area (Å²) < 4.78 is 0. The Hall–Kier alpha value is -1.30. The maximum absolute atomic E-state index is 3.54. The molecular weight excluding hydrogens is 120 g/mol. The molecule has 0 heterocycles. The fraction of sp³-hybridized carbons (Fsp3) is 0. The number of hydrogen-bond donors (Lipinski definition) is 0. The second kappa shape index (κ2) is 7.70. The van der Waals surface area contributed by atoms with Gasteiger partial charge in [-0.15, -0.1) is 0 Å². The molecule has 0 spiro atoms. The van der Waals surface area contributed by atoms with Crippen LogP contribution in [0.15, 0.2) is 61.8 Å². The van der Waals surface area contributed by atoms with Gasteiger partial charge in [-0.1, -0.05) is 61.8 Å². The first-order chi connectivity index (χ1) is 4.91. The van der Waals surface area contributed by atoms with Crippen LogP contribution in [0.5, 0.6) is 0 Å². The van der Waals surface area contributed by atoms with Crippen molar-refractivity contribution < 1.29 is 0 Å². The molecule has 52 valence electrons. The molecule has 0 radical (unpaired) electrons. The van der Waals surface area contributed by atoms with Crippen molar-refractivity contribution >= 4 is 0 Å². The van der Waals surface area contributed by atoms with E-state index in [1.807, 2.05) is 36.5 Å². The Morgan fingerprint density at radius 1 is 0.500 bits per heavy atom. The third kappa shape index (κ3) is 6.70. The number of hydrogen-bond acceptors (Lipinski definition) is 0. The molecule has 0 aliphatic heterocycles. The molecule has 0 aromatic rings. The first-order valence-corrected chi connectivity index (χ1v) is 3.15. The molecule has 0 aliphatic carbocycles. The van der Waals surface area contributed by atoms with Crippen molar-refractivity contribution in [3.8, 4) is 0 Å². The maximum Gasteiger partial charge on any atom is -0.0623 e. The van der Waals surface area contributed by atoms with E-state index in [-0.39, 0.29) is 0 Å². The summed E-state index contributed by atoms with van der Waals surface area (Å²) in [7, 11) is 0. The molecule has 0 saturated heterocycles. The van der Waals surface area contributed by atoms with E-state index in [9.17, 15) is 0 Å². The lowest BCUT2D eigenvalue weighted by Gasteiger charge is -1.70. The normalized spacial score (nSPS) is 11.6. The van der Waals surface area contributed by atoms with Gasteiger partial charge in [0.15, 0.2) is 0 Å². The van der Waals surface area contributed by atoms with E-state index in [0.717, 1.165) is 0 Å². The number of allylic oxidation sites excluding steroid dienone is 8. The topological polar surface area (TPSA) is 0 Å². The van der Waals surface area contributed by atoms with Crippen LogP contribution < -0.4 is 0 Å². The van der Waals surface area contributed by atoms with Gasteiger partial charge in [0, 0.05) is 0 Å². The van der Waals surface area contributed by atoms with Gasteiger partial charge in [-0.3, -0.25) is 0 Å². The monoisotopic (exact) mass is 132 g/mol. The Balaban J connectivity index is 3.55. The first-order valence-electron chi connectivity index (χ1n) is 3.15. The molecule has 0 aromatic carbocycles. The molecule has 0 unspecified atom stereocenters. The van der Waals surface area contributed by atoms with Crippen molar-refractivity contribution in [3.63, 3.8) is 0 Å². The average molecular weight is 132 g/mol. The van der Waals surface area contributed by atoms with E-state index in [4.69, 9.17) is 0 Å². The Bertz CT molecular complexity index is 148. The minimum absolute atomic E-state index is 1.74. The minimum atomic E-state index is 1.74. The van der Waals surface area contributed by atoms with Crippen molar-refractivity contribution in [2.45, 2.75) is 0 Å². The fourth-order valence-electron chi connectivity index (χ4n) is 0.414. The Labute approximate surface area is 62.6 Å². The largest absolute Gasteiger partial charge is 0.0991 e. The summed E-state index contributed by atoms with van der Waals surface area (Å²) in [5, 5.41) is 0. The smallest absolute Gasteiger partial charge is 0.0623 e. The zero-order valence-electron chi connectivity index (χ0n) is 6.03. The van der Waals surface area contributed by atoms with Gasteiger partial charge < -0.3 is 0 Å². The van der Waals surface area contributed by atoms with Crippen LogP contribution in [0.3, 0.4) is 0 Å². The minimum Gasteiger partial charge on any atom is -0.0991 e. The van der Waals surface area contributed by atoms with Crippen molar-refractivity contribution in [3.05, 3.63) is 61.8 Å². The molecule has 0 N–H and O–H groups in total. The summed E-state index contributed by atoms with van der Waals surface area (Å²) in [6.07, 6.45) is 14.9. The van der Waals surface area contributed by atoms with Crippen molar-refractivity contribution in [1.82, 2.24) is 0 Å². The zero-order chi connectivity index (χ0) is 7.66. The molecule has 0 atom stereocenters. The predicted octanol–water partition coefficient (Wildman–Crippen LogP) is 3.03.